The number of rotatable bonds is 5. The summed E-state index contributed by atoms with van der Waals surface area (Å²) in [5.74, 6) is 2.33. The van der Waals surface area contributed by atoms with Crippen LogP contribution in [0.3, 0.4) is 0 Å². The van der Waals surface area contributed by atoms with Crippen LogP contribution < -0.4 is 4.90 Å². The van der Waals surface area contributed by atoms with E-state index in [1.54, 1.807) is 0 Å². The quantitative estimate of drug-likeness (QED) is 0.778. The third kappa shape index (κ3) is 3.44. The molecule has 1 aromatic heterocycles. The minimum Gasteiger partial charge on any atom is -0.355 e. The Hall–Kier alpha value is -0.800. The van der Waals surface area contributed by atoms with E-state index in [1.165, 1.54) is 11.3 Å². The lowest BCUT2D eigenvalue weighted by Gasteiger charge is -2.23. The molecule has 2 atom stereocenters. The van der Waals surface area contributed by atoms with E-state index in [9.17, 15) is 0 Å². The number of aryl methyl sites for hydroxylation is 1. The molecule has 112 valence electrons. The van der Waals surface area contributed by atoms with Crippen molar-refractivity contribution in [3.8, 4) is 0 Å². The third-order valence-electron chi connectivity index (χ3n) is 4.15. The number of alkyl halides is 1. The predicted octanol–water partition coefficient (Wildman–Crippen LogP) is 3.16. The molecule has 0 aromatic carbocycles. The molecule has 4 heteroatoms. The molecule has 2 heterocycles. The minimum atomic E-state index is 0.562. The summed E-state index contributed by atoms with van der Waals surface area (Å²) in [6, 6.07) is 4.89. The predicted molar refractivity (Wildman–Crippen MR) is 86.6 cm³/mol. The smallest absolute Gasteiger partial charge is 0.129 e. The Balaban J connectivity index is 2.22. The van der Waals surface area contributed by atoms with Crippen LogP contribution in [0, 0.1) is 5.92 Å². The molecule has 1 saturated heterocycles. The molecule has 1 fully saturated rings. The summed E-state index contributed by atoms with van der Waals surface area (Å²) in [5, 5.41) is 0. The summed E-state index contributed by atoms with van der Waals surface area (Å²) in [5.41, 5.74) is 2.35. The van der Waals surface area contributed by atoms with Gasteiger partial charge in [0.15, 0.2) is 0 Å². The maximum absolute atomic E-state index is 6.03. The van der Waals surface area contributed by atoms with E-state index in [-0.39, 0.29) is 0 Å². The van der Waals surface area contributed by atoms with Gasteiger partial charge in [-0.15, -0.1) is 11.6 Å². The number of nitrogens with zero attached hydrogens (tertiary/aromatic N) is 3. The van der Waals surface area contributed by atoms with Crippen molar-refractivity contribution in [1.29, 1.82) is 0 Å². The maximum Gasteiger partial charge on any atom is 0.129 e. The summed E-state index contributed by atoms with van der Waals surface area (Å²) < 4.78 is 0. The van der Waals surface area contributed by atoms with Crippen LogP contribution in [0.2, 0.25) is 0 Å². The number of aromatic nitrogens is 1. The molecule has 2 unspecified atom stereocenters. The molecular formula is C16H26ClN3. The molecule has 0 radical (unpaired) electrons. The van der Waals surface area contributed by atoms with E-state index >= 15 is 0 Å². The van der Waals surface area contributed by atoms with Gasteiger partial charge < -0.3 is 9.80 Å². The van der Waals surface area contributed by atoms with Gasteiger partial charge in [0.25, 0.3) is 0 Å². The Morgan fingerprint density at radius 2 is 2.10 bits per heavy atom. The van der Waals surface area contributed by atoms with Crippen LogP contribution in [0.1, 0.15) is 31.5 Å². The molecule has 1 aliphatic heterocycles. The highest BCUT2D eigenvalue weighted by molar-refractivity contribution is 6.17. The Morgan fingerprint density at radius 3 is 2.65 bits per heavy atom. The Labute approximate surface area is 127 Å². The molecule has 20 heavy (non-hydrogen) atoms. The average Bonchev–Trinajstić information content (AvgIpc) is 2.81. The van der Waals surface area contributed by atoms with E-state index in [1.807, 2.05) is 0 Å². The van der Waals surface area contributed by atoms with E-state index in [4.69, 9.17) is 16.6 Å². The normalized spacial score (nSPS) is 22.8. The molecule has 0 aliphatic carbocycles. The van der Waals surface area contributed by atoms with Gasteiger partial charge in [0, 0.05) is 30.7 Å². The van der Waals surface area contributed by atoms with Crippen LogP contribution >= 0.6 is 11.6 Å². The number of anilines is 1. The van der Waals surface area contributed by atoms with Crippen LogP contribution in [-0.2, 0) is 12.3 Å². The lowest BCUT2D eigenvalue weighted by molar-refractivity contribution is 0.266. The Kier molecular flexibility index (Phi) is 5.28. The zero-order valence-corrected chi connectivity index (χ0v) is 13.8. The van der Waals surface area contributed by atoms with Gasteiger partial charge in [0.2, 0.25) is 0 Å². The average molecular weight is 296 g/mol. The fraction of sp³-hybridized carbons (Fsp3) is 0.688. The first-order valence-electron chi connectivity index (χ1n) is 7.52. The third-order valence-corrected chi connectivity index (χ3v) is 4.45. The molecule has 1 aliphatic rings. The Morgan fingerprint density at radius 1 is 1.35 bits per heavy atom. The van der Waals surface area contributed by atoms with E-state index in [2.05, 4.69) is 49.9 Å². The van der Waals surface area contributed by atoms with Crippen molar-refractivity contribution >= 4 is 17.4 Å². The molecule has 0 saturated carbocycles. The first-order chi connectivity index (χ1) is 9.55. The van der Waals surface area contributed by atoms with Gasteiger partial charge in [-0.1, -0.05) is 20.3 Å². The van der Waals surface area contributed by atoms with Gasteiger partial charge in [-0.25, -0.2) is 4.98 Å². The summed E-state index contributed by atoms with van der Waals surface area (Å²) in [6.45, 7) is 6.64. The molecule has 0 spiro atoms. The van der Waals surface area contributed by atoms with E-state index < -0.39 is 0 Å². The van der Waals surface area contributed by atoms with E-state index in [0.29, 0.717) is 17.8 Å². The molecular weight excluding hydrogens is 270 g/mol. The maximum atomic E-state index is 6.03. The molecule has 0 N–H and O–H groups in total. The van der Waals surface area contributed by atoms with Crippen molar-refractivity contribution in [2.24, 2.45) is 5.92 Å². The van der Waals surface area contributed by atoms with Crippen LogP contribution in [0.4, 0.5) is 5.82 Å². The largest absolute Gasteiger partial charge is 0.355 e. The summed E-state index contributed by atoms with van der Waals surface area (Å²) in [7, 11) is 4.32. The zero-order valence-electron chi connectivity index (χ0n) is 13.1. The van der Waals surface area contributed by atoms with Crippen LogP contribution in [0.5, 0.6) is 0 Å². The molecule has 3 nitrogen and oxygen atoms in total. The number of halogens is 1. The van der Waals surface area contributed by atoms with Gasteiger partial charge in [0.05, 0.1) is 0 Å². The number of hydrogen-bond donors (Lipinski definition) is 0. The second kappa shape index (κ2) is 6.77. The van der Waals surface area contributed by atoms with Gasteiger partial charge in [0.1, 0.15) is 5.82 Å². The van der Waals surface area contributed by atoms with Crippen LogP contribution in [0.25, 0.3) is 0 Å². The van der Waals surface area contributed by atoms with Crippen molar-refractivity contribution in [3.05, 3.63) is 23.4 Å². The highest BCUT2D eigenvalue weighted by Crippen LogP contribution is 2.26. The van der Waals surface area contributed by atoms with Crippen molar-refractivity contribution in [3.63, 3.8) is 0 Å². The zero-order chi connectivity index (χ0) is 14.7. The van der Waals surface area contributed by atoms with Crippen molar-refractivity contribution in [2.75, 3.05) is 32.1 Å². The Bertz CT molecular complexity index is 447. The highest BCUT2D eigenvalue weighted by Gasteiger charge is 2.31. The van der Waals surface area contributed by atoms with Gasteiger partial charge in [-0.05, 0) is 44.1 Å². The lowest BCUT2D eigenvalue weighted by Crippen LogP contribution is -2.34. The van der Waals surface area contributed by atoms with Gasteiger partial charge in [-0.3, -0.25) is 0 Å². The molecule has 0 bridgehead atoms. The van der Waals surface area contributed by atoms with Crippen molar-refractivity contribution in [1.82, 2.24) is 9.88 Å². The molecule has 1 aromatic rings. The summed E-state index contributed by atoms with van der Waals surface area (Å²) >= 11 is 6.03. The van der Waals surface area contributed by atoms with Crippen LogP contribution in [0.15, 0.2) is 12.1 Å². The van der Waals surface area contributed by atoms with E-state index in [0.717, 1.165) is 31.7 Å². The fourth-order valence-electron chi connectivity index (χ4n) is 3.07. The number of pyridine rings is 1. The van der Waals surface area contributed by atoms with Crippen molar-refractivity contribution in [2.45, 2.75) is 38.6 Å². The van der Waals surface area contributed by atoms with Crippen molar-refractivity contribution < 1.29 is 0 Å². The first kappa shape index (κ1) is 15.6. The standard InChI is InChI=1S/C16H26ClN3/c1-5-6-14-7-13(9-17)8-16(18-14)20-10-12(2)15(11-20)19(3)4/h7-8,12,15H,5-6,9-11H2,1-4H3. The number of likely N-dealkylation sites (N-methyl/N-ethyl adjacent to an activating group) is 1. The SMILES string of the molecule is CCCc1cc(CCl)cc(N2CC(C)C(N(C)C)C2)n1. The van der Waals surface area contributed by atoms with Crippen LogP contribution in [-0.4, -0.2) is 43.1 Å². The molecule has 2 rings (SSSR count). The summed E-state index contributed by atoms with van der Waals surface area (Å²) in [4.78, 5) is 9.56. The number of hydrogen-bond acceptors (Lipinski definition) is 3. The monoisotopic (exact) mass is 295 g/mol. The second-order valence-corrected chi connectivity index (χ2v) is 6.39. The highest BCUT2D eigenvalue weighted by atomic mass is 35.5. The topological polar surface area (TPSA) is 19.4 Å². The molecule has 0 amide bonds. The minimum absolute atomic E-state index is 0.562. The van der Waals surface area contributed by atoms with Gasteiger partial charge >= 0.3 is 0 Å². The summed E-state index contributed by atoms with van der Waals surface area (Å²) in [6.07, 6.45) is 2.15. The first-order valence-corrected chi connectivity index (χ1v) is 8.05. The second-order valence-electron chi connectivity index (χ2n) is 6.12. The lowest BCUT2D eigenvalue weighted by atomic mass is 10.1. The fourth-order valence-corrected chi connectivity index (χ4v) is 3.22. The van der Waals surface area contributed by atoms with Gasteiger partial charge in [-0.2, -0.15) is 0 Å².